The summed E-state index contributed by atoms with van der Waals surface area (Å²) in [4.78, 5) is 61.5. The van der Waals surface area contributed by atoms with Crippen molar-refractivity contribution in [1.29, 1.82) is 0 Å². The maximum atomic E-state index is 10.3. The molecule has 0 heterocycles. The molecule has 199 valence electrons. The van der Waals surface area contributed by atoms with Crippen LogP contribution in [0, 0.1) is 86.7 Å². The van der Waals surface area contributed by atoms with Gasteiger partial charge in [-0.15, -0.1) is 0 Å². The molecule has 0 fully saturated rings. The number of carbonyl (C=O) groups excluding carboxylic acids is 6. The van der Waals surface area contributed by atoms with Crippen LogP contribution in [-0.4, -0.2) is 35.8 Å². The summed E-state index contributed by atoms with van der Waals surface area (Å²) in [7, 11) is 0. The van der Waals surface area contributed by atoms with E-state index in [0.717, 1.165) is 18.2 Å². The van der Waals surface area contributed by atoms with Crippen molar-refractivity contribution in [3.05, 3.63) is 106 Å². The van der Waals surface area contributed by atoms with E-state index in [9.17, 15) is 59.4 Å². The molecule has 0 N–H and O–H groups in total. The first-order chi connectivity index (χ1) is 16.8. The van der Waals surface area contributed by atoms with Crippen LogP contribution < -0.4 is 30.6 Å². The molecule has 3 rings (SSSR count). The van der Waals surface area contributed by atoms with Gasteiger partial charge in [-0.1, -0.05) is 54.6 Å². The molecule has 0 aliphatic rings. The molecule has 0 atom stereocenters. The number of carbonyl (C=O) groups is 6. The van der Waals surface area contributed by atoms with Crippen molar-refractivity contribution in [1.82, 2.24) is 0 Å². The summed E-state index contributed by atoms with van der Waals surface area (Å²) < 4.78 is 0. The van der Waals surface area contributed by atoms with Gasteiger partial charge in [0, 0.05) is 0 Å². The maximum Gasteiger partial charge on any atom is 3.00 e. The Hall–Kier alpha value is -2.69. The zero-order valence-corrected chi connectivity index (χ0v) is 22.8. The molecular weight excluding hydrogens is 799 g/mol. The van der Waals surface area contributed by atoms with Crippen molar-refractivity contribution in [2.45, 2.75) is 0 Å². The van der Waals surface area contributed by atoms with Crippen molar-refractivity contribution in [3.63, 3.8) is 0 Å². The molecule has 0 spiro atoms. The van der Waals surface area contributed by atoms with Gasteiger partial charge >= 0.3 is 86.7 Å². The van der Waals surface area contributed by atoms with E-state index < -0.39 is 35.8 Å². The molecule has 3 aromatic carbocycles. The molecule has 12 nitrogen and oxygen atoms in total. The average Bonchev–Trinajstić information content (AvgIpc) is 2.85. The summed E-state index contributed by atoms with van der Waals surface area (Å²) in [6.45, 7) is 0. The SMILES string of the molecule is O=C([O-])c1cccc(C(=O)[O-])c1.O=C([O-])c1cccc(C(=O)[O-])c1.O=C([O-])c1cccc(C(=O)[O-])c1.[Er+3].[Eu+3]. The van der Waals surface area contributed by atoms with Crippen LogP contribution in [0.25, 0.3) is 0 Å². The third-order valence-corrected chi connectivity index (χ3v) is 4.00. The normalized spacial score (nSPS) is 8.84. The van der Waals surface area contributed by atoms with Crippen LogP contribution in [0.2, 0.25) is 0 Å². The molecule has 1 radical (unpaired) electrons. The van der Waals surface area contributed by atoms with Crippen LogP contribution in [0.4, 0.5) is 0 Å². The first kappa shape index (κ1) is 37.5. The number of benzene rings is 3. The standard InChI is InChI=1S/3C8H6O4.Er.Eu/c3*9-7(10)5-2-1-3-6(4-5)8(11)12;;/h3*1-4H,(H,9,10)(H,11,12);;/q;;;2*+3/p-6. The first-order valence-corrected chi connectivity index (χ1v) is 9.41. The Morgan fingerprint density at radius 1 is 0.368 bits per heavy atom. The molecule has 0 saturated carbocycles. The molecule has 38 heavy (non-hydrogen) atoms. The van der Waals surface area contributed by atoms with Gasteiger partial charge in [0.05, 0.1) is 35.8 Å². The van der Waals surface area contributed by atoms with E-state index in [-0.39, 0.29) is 120 Å². The Bertz CT molecular complexity index is 1070. The zero-order chi connectivity index (χ0) is 27.4. The van der Waals surface area contributed by atoms with Crippen molar-refractivity contribution in [3.8, 4) is 0 Å². The van der Waals surface area contributed by atoms with E-state index in [1.54, 1.807) is 0 Å². The summed E-state index contributed by atoms with van der Waals surface area (Å²) in [5, 5.41) is 61.5. The fourth-order valence-electron chi connectivity index (χ4n) is 2.32. The number of carboxylic acids is 6. The number of aromatic carboxylic acids is 6. The Kier molecular flexibility index (Phi) is 18.3. The largest absolute Gasteiger partial charge is 3.00 e. The van der Waals surface area contributed by atoms with Crippen molar-refractivity contribution in [2.24, 2.45) is 0 Å². The van der Waals surface area contributed by atoms with E-state index in [2.05, 4.69) is 0 Å². The minimum atomic E-state index is -1.40. The van der Waals surface area contributed by atoms with Crippen LogP contribution >= 0.6 is 0 Å². The third kappa shape index (κ3) is 13.2. The quantitative estimate of drug-likeness (QED) is 0.228. The second-order valence-electron chi connectivity index (χ2n) is 6.47. The number of hydrogen-bond donors (Lipinski definition) is 0. The van der Waals surface area contributed by atoms with Gasteiger partial charge in [0.15, 0.2) is 0 Å². The minimum absolute atomic E-state index is 0. The van der Waals surface area contributed by atoms with Crippen LogP contribution in [-0.2, 0) is 0 Å². The van der Waals surface area contributed by atoms with Gasteiger partial charge in [0.1, 0.15) is 0 Å². The van der Waals surface area contributed by atoms with Crippen LogP contribution in [0.5, 0.6) is 0 Å². The number of rotatable bonds is 6. The molecule has 0 unspecified atom stereocenters. The molecule has 0 amide bonds. The molecular formula is C24H12ErEuO12. The number of hydrogen-bond acceptors (Lipinski definition) is 12. The van der Waals surface area contributed by atoms with Crippen molar-refractivity contribution < 1.29 is 146 Å². The first-order valence-electron chi connectivity index (χ1n) is 9.41. The molecule has 14 heteroatoms. The molecule has 0 aliphatic heterocycles. The summed E-state index contributed by atoms with van der Waals surface area (Å²) in [5.74, 6) is -8.43. The maximum absolute atomic E-state index is 10.3. The van der Waals surface area contributed by atoms with Gasteiger partial charge < -0.3 is 59.4 Å². The van der Waals surface area contributed by atoms with E-state index in [1.165, 1.54) is 54.6 Å². The van der Waals surface area contributed by atoms with Crippen LogP contribution in [0.15, 0.2) is 72.8 Å². The van der Waals surface area contributed by atoms with Crippen molar-refractivity contribution in [2.75, 3.05) is 0 Å². The Morgan fingerprint density at radius 2 is 0.500 bits per heavy atom. The fraction of sp³-hybridized carbons (Fsp3) is 0. The average molecular weight is 812 g/mol. The van der Waals surface area contributed by atoms with Gasteiger partial charge in [0.2, 0.25) is 0 Å². The monoisotopic (exact) mass is 811 g/mol. The fourth-order valence-corrected chi connectivity index (χ4v) is 2.32. The topological polar surface area (TPSA) is 241 Å². The molecule has 0 bridgehead atoms. The Labute approximate surface area is 284 Å². The summed E-state index contributed by atoms with van der Waals surface area (Å²) in [6, 6.07) is 14.4. The molecule has 0 aromatic heterocycles. The van der Waals surface area contributed by atoms with Crippen LogP contribution in [0.3, 0.4) is 0 Å². The van der Waals surface area contributed by atoms with E-state index in [0.29, 0.717) is 0 Å². The smallest absolute Gasteiger partial charge is 0.545 e. The predicted molar refractivity (Wildman–Crippen MR) is 105 cm³/mol. The van der Waals surface area contributed by atoms with Crippen molar-refractivity contribution >= 4 is 35.8 Å². The second-order valence-corrected chi connectivity index (χ2v) is 6.47. The molecule has 3 aromatic rings. The van der Waals surface area contributed by atoms with Gasteiger partial charge in [0.25, 0.3) is 0 Å². The Balaban J connectivity index is 0. The van der Waals surface area contributed by atoms with E-state index >= 15 is 0 Å². The van der Waals surface area contributed by atoms with Gasteiger partial charge in [-0.05, 0) is 51.6 Å². The third-order valence-electron chi connectivity index (χ3n) is 4.00. The van der Waals surface area contributed by atoms with Gasteiger partial charge in [-0.3, -0.25) is 0 Å². The van der Waals surface area contributed by atoms with E-state index in [4.69, 9.17) is 0 Å². The number of carboxylic acid groups (broad SMARTS) is 6. The van der Waals surface area contributed by atoms with Gasteiger partial charge in [-0.25, -0.2) is 0 Å². The van der Waals surface area contributed by atoms with Gasteiger partial charge in [-0.2, -0.15) is 0 Å². The van der Waals surface area contributed by atoms with Crippen LogP contribution in [0.1, 0.15) is 62.1 Å². The second kappa shape index (κ2) is 18.5. The molecule has 0 saturated heterocycles. The minimum Gasteiger partial charge on any atom is -0.545 e. The zero-order valence-electron chi connectivity index (χ0n) is 18.5. The Morgan fingerprint density at radius 3 is 0.605 bits per heavy atom. The predicted octanol–water partition coefficient (Wildman–Crippen LogP) is -4.76. The summed E-state index contributed by atoms with van der Waals surface area (Å²) >= 11 is 0. The summed E-state index contributed by atoms with van der Waals surface area (Å²) in [5.41, 5.74) is -1.02. The summed E-state index contributed by atoms with van der Waals surface area (Å²) in [6.07, 6.45) is 0. The molecule has 0 aliphatic carbocycles. The van der Waals surface area contributed by atoms with E-state index in [1.807, 2.05) is 0 Å².